The Bertz CT molecular complexity index is 635. The topological polar surface area (TPSA) is 76.2 Å². The number of nitrogens with zero attached hydrogens (tertiary/aromatic N) is 1. The first-order valence-corrected chi connectivity index (χ1v) is 6.63. The molecule has 1 heterocycles. The molecule has 0 spiro atoms. The first kappa shape index (κ1) is 14.9. The molecule has 6 nitrogen and oxygen atoms in total. The molecule has 0 fully saturated rings. The van der Waals surface area contributed by atoms with E-state index in [1.807, 2.05) is 19.9 Å². The van der Waals surface area contributed by atoms with Crippen LogP contribution in [0.5, 0.6) is 11.5 Å². The van der Waals surface area contributed by atoms with Gasteiger partial charge in [-0.3, -0.25) is 9.89 Å². The predicted octanol–water partition coefficient (Wildman–Crippen LogP) is 2.80. The van der Waals surface area contributed by atoms with Gasteiger partial charge in [-0.25, -0.2) is 0 Å². The number of benzene rings is 1. The van der Waals surface area contributed by atoms with Crippen molar-refractivity contribution in [2.75, 3.05) is 19.5 Å². The van der Waals surface area contributed by atoms with Gasteiger partial charge in [0.15, 0.2) is 5.82 Å². The van der Waals surface area contributed by atoms with E-state index in [1.165, 1.54) is 7.11 Å². The number of aromatic amines is 1. The molecule has 0 bridgehead atoms. The summed E-state index contributed by atoms with van der Waals surface area (Å²) in [6, 6.07) is 6.85. The van der Waals surface area contributed by atoms with Crippen LogP contribution in [-0.4, -0.2) is 30.3 Å². The number of hydrogen-bond donors (Lipinski definition) is 2. The molecule has 0 saturated heterocycles. The minimum atomic E-state index is -0.281. The van der Waals surface area contributed by atoms with Crippen LogP contribution in [0.25, 0.3) is 0 Å². The molecule has 2 rings (SSSR count). The van der Waals surface area contributed by atoms with E-state index in [9.17, 15) is 4.79 Å². The molecule has 0 unspecified atom stereocenters. The van der Waals surface area contributed by atoms with E-state index < -0.39 is 0 Å². The van der Waals surface area contributed by atoms with E-state index in [-0.39, 0.29) is 5.91 Å². The van der Waals surface area contributed by atoms with Gasteiger partial charge in [0.25, 0.3) is 5.91 Å². The lowest BCUT2D eigenvalue weighted by molar-refractivity contribution is 0.102. The Morgan fingerprint density at radius 1 is 1.24 bits per heavy atom. The van der Waals surface area contributed by atoms with Crippen molar-refractivity contribution < 1.29 is 14.3 Å². The molecular formula is C15H19N3O3. The highest BCUT2D eigenvalue weighted by molar-refractivity contribution is 6.05. The second-order valence-electron chi connectivity index (χ2n) is 4.88. The van der Waals surface area contributed by atoms with Crippen molar-refractivity contribution in [2.45, 2.75) is 19.8 Å². The van der Waals surface area contributed by atoms with Crippen molar-refractivity contribution in [2.24, 2.45) is 0 Å². The number of H-pyrrole nitrogens is 1. The van der Waals surface area contributed by atoms with Crippen molar-refractivity contribution in [3.05, 3.63) is 35.5 Å². The molecule has 1 amide bonds. The number of nitrogens with one attached hydrogen (secondary N) is 2. The summed E-state index contributed by atoms with van der Waals surface area (Å²) in [5.74, 6) is 1.60. The number of anilines is 1. The zero-order chi connectivity index (χ0) is 15.4. The number of methoxy groups -OCH3 is 2. The first-order chi connectivity index (χ1) is 10.0. The smallest absolute Gasteiger partial charge is 0.260 e. The van der Waals surface area contributed by atoms with Crippen molar-refractivity contribution >= 4 is 11.7 Å². The Kier molecular flexibility index (Phi) is 4.47. The Balaban J connectivity index is 2.19. The molecule has 112 valence electrons. The van der Waals surface area contributed by atoms with Gasteiger partial charge in [-0.05, 0) is 18.1 Å². The van der Waals surface area contributed by atoms with E-state index in [0.29, 0.717) is 28.8 Å². The van der Waals surface area contributed by atoms with Crippen LogP contribution < -0.4 is 14.8 Å². The van der Waals surface area contributed by atoms with E-state index in [4.69, 9.17) is 9.47 Å². The van der Waals surface area contributed by atoms with E-state index in [0.717, 1.165) is 5.69 Å². The minimum Gasteiger partial charge on any atom is -0.497 e. The van der Waals surface area contributed by atoms with E-state index in [1.54, 1.807) is 25.3 Å². The highest BCUT2D eigenvalue weighted by Gasteiger charge is 2.15. The average molecular weight is 289 g/mol. The summed E-state index contributed by atoms with van der Waals surface area (Å²) >= 11 is 0. The Hall–Kier alpha value is -2.50. The molecule has 1 aromatic carbocycles. The van der Waals surface area contributed by atoms with Crippen LogP contribution in [0, 0.1) is 0 Å². The lowest BCUT2D eigenvalue weighted by Gasteiger charge is -2.09. The van der Waals surface area contributed by atoms with Crippen LogP contribution >= 0.6 is 0 Å². The van der Waals surface area contributed by atoms with Crippen LogP contribution in [-0.2, 0) is 0 Å². The van der Waals surface area contributed by atoms with Crippen LogP contribution in [0.15, 0.2) is 24.3 Å². The maximum atomic E-state index is 12.3. The normalized spacial score (nSPS) is 10.5. The molecule has 0 aliphatic heterocycles. The number of carbonyl (C=O) groups is 1. The number of rotatable bonds is 5. The summed E-state index contributed by atoms with van der Waals surface area (Å²) in [5, 5.41) is 9.71. The second-order valence-corrected chi connectivity index (χ2v) is 4.88. The largest absolute Gasteiger partial charge is 0.497 e. The zero-order valence-corrected chi connectivity index (χ0v) is 12.6. The third kappa shape index (κ3) is 3.34. The molecule has 0 atom stereocenters. The number of hydrogen-bond acceptors (Lipinski definition) is 4. The third-order valence-electron chi connectivity index (χ3n) is 3.11. The lowest BCUT2D eigenvalue weighted by Crippen LogP contribution is -2.13. The number of ether oxygens (including phenoxy) is 2. The fraction of sp³-hybridized carbons (Fsp3) is 0.333. The zero-order valence-electron chi connectivity index (χ0n) is 12.6. The molecule has 2 N–H and O–H groups in total. The van der Waals surface area contributed by atoms with Gasteiger partial charge < -0.3 is 14.8 Å². The van der Waals surface area contributed by atoms with E-state index in [2.05, 4.69) is 15.5 Å². The number of aromatic nitrogens is 2. The molecule has 21 heavy (non-hydrogen) atoms. The van der Waals surface area contributed by atoms with Crippen molar-refractivity contribution in [1.29, 1.82) is 0 Å². The predicted molar refractivity (Wildman–Crippen MR) is 80.2 cm³/mol. The summed E-state index contributed by atoms with van der Waals surface area (Å²) in [6.07, 6.45) is 0. The molecule has 2 aromatic rings. The Morgan fingerprint density at radius 3 is 2.57 bits per heavy atom. The summed E-state index contributed by atoms with van der Waals surface area (Å²) in [7, 11) is 3.07. The van der Waals surface area contributed by atoms with Crippen LogP contribution in [0.2, 0.25) is 0 Å². The molecular weight excluding hydrogens is 270 g/mol. The third-order valence-corrected chi connectivity index (χ3v) is 3.11. The number of carbonyl (C=O) groups excluding carboxylic acids is 1. The average Bonchev–Trinajstić information content (AvgIpc) is 2.95. The Labute approximate surface area is 123 Å². The first-order valence-electron chi connectivity index (χ1n) is 6.63. The number of amides is 1. The van der Waals surface area contributed by atoms with Crippen LogP contribution in [0.3, 0.4) is 0 Å². The highest BCUT2D eigenvalue weighted by atomic mass is 16.5. The van der Waals surface area contributed by atoms with Crippen molar-refractivity contribution in [3.63, 3.8) is 0 Å². The highest BCUT2D eigenvalue weighted by Crippen LogP contribution is 2.25. The van der Waals surface area contributed by atoms with Crippen molar-refractivity contribution in [1.82, 2.24) is 10.2 Å². The van der Waals surface area contributed by atoms with Gasteiger partial charge in [0.1, 0.15) is 11.5 Å². The molecule has 0 aliphatic carbocycles. The minimum absolute atomic E-state index is 0.281. The van der Waals surface area contributed by atoms with E-state index >= 15 is 0 Å². The van der Waals surface area contributed by atoms with Gasteiger partial charge in [-0.15, -0.1) is 0 Å². The second kappa shape index (κ2) is 6.30. The van der Waals surface area contributed by atoms with Gasteiger partial charge in [0, 0.05) is 17.8 Å². The molecule has 6 heteroatoms. The fourth-order valence-corrected chi connectivity index (χ4v) is 1.87. The van der Waals surface area contributed by atoms with Gasteiger partial charge in [-0.1, -0.05) is 13.8 Å². The fourth-order valence-electron chi connectivity index (χ4n) is 1.87. The maximum Gasteiger partial charge on any atom is 0.260 e. The molecule has 0 aliphatic rings. The SMILES string of the molecule is COc1ccc(C(=O)Nc2cc(C(C)C)[nH]n2)c(OC)c1. The van der Waals surface area contributed by atoms with Gasteiger partial charge in [-0.2, -0.15) is 5.10 Å². The van der Waals surface area contributed by atoms with Gasteiger partial charge in [0.2, 0.25) is 0 Å². The monoisotopic (exact) mass is 289 g/mol. The lowest BCUT2D eigenvalue weighted by atomic mass is 10.1. The summed E-state index contributed by atoms with van der Waals surface area (Å²) < 4.78 is 10.3. The van der Waals surface area contributed by atoms with Crippen LogP contribution in [0.1, 0.15) is 35.8 Å². The summed E-state index contributed by atoms with van der Waals surface area (Å²) in [6.45, 7) is 4.09. The van der Waals surface area contributed by atoms with Gasteiger partial charge in [0.05, 0.1) is 19.8 Å². The molecule has 1 aromatic heterocycles. The van der Waals surface area contributed by atoms with Gasteiger partial charge >= 0.3 is 0 Å². The maximum absolute atomic E-state index is 12.3. The molecule has 0 radical (unpaired) electrons. The Morgan fingerprint density at radius 2 is 2.00 bits per heavy atom. The van der Waals surface area contributed by atoms with Crippen molar-refractivity contribution in [3.8, 4) is 11.5 Å². The quantitative estimate of drug-likeness (QED) is 0.887. The molecule has 0 saturated carbocycles. The standard InChI is InChI=1S/C15H19N3O3/c1-9(2)12-8-14(18-17-12)16-15(19)11-6-5-10(20-3)7-13(11)21-4/h5-9H,1-4H3,(H2,16,17,18,19). The van der Waals surface area contributed by atoms with Crippen LogP contribution in [0.4, 0.5) is 5.82 Å². The summed E-state index contributed by atoms with van der Waals surface area (Å²) in [4.78, 5) is 12.3. The summed E-state index contributed by atoms with van der Waals surface area (Å²) in [5.41, 5.74) is 1.39.